The summed E-state index contributed by atoms with van der Waals surface area (Å²) in [7, 11) is -2.61. The van der Waals surface area contributed by atoms with Gasteiger partial charge in [-0.1, -0.05) is 36.6 Å². The van der Waals surface area contributed by atoms with Crippen LogP contribution in [0.3, 0.4) is 0 Å². The highest BCUT2D eigenvalue weighted by molar-refractivity contribution is 7.90. The van der Waals surface area contributed by atoms with Crippen molar-refractivity contribution >= 4 is 33.6 Å². The number of nitrogens with zero attached hydrogens (tertiary/aromatic N) is 1. The fourth-order valence-electron chi connectivity index (χ4n) is 3.95. The number of ether oxygens (including phenoxy) is 1. The number of nitrogens with one attached hydrogen (secondary N) is 3. The normalized spacial score (nSPS) is 17.6. The highest BCUT2D eigenvalue weighted by Crippen LogP contribution is 2.24. The largest absolute Gasteiger partial charge is 0.496 e. The molecule has 3 N–H and O–H groups in total. The van der Waals surface area contributed by atoms with Crippen molar-refractivity contribution in [3.8, 4) is 11.8 Å². The monoisotopic (exact) mass is 518 g/mol. The molecule has 9 nitrogen and oxygen atoms in total. The van der Waals surface area contributed by atoms with E-state index in [4.69, 9.17) is 16.3 Å². The molecule has 35 heavy (non-hydrogen) atoms. The summed E-state index contributed by atoms with van der Waals surface area (Å²) >= 11 is 5.97. The van der Waals surface area contributed by atoms with Gasteiger partial charge >= 0.3 is 6.03 Å². The second kappa shape index (κ2) is 11.9. The Morgan fingerprint density at radius 1 is 1.14 bits per heavy atom. The number of nitriles is 1. The molecule has 2 atom stereocenters. The van der Waals surface area contributed by atoms with E-state index in [1.165, 1.54) is 25.3 Å². The zero-order valence-electron chi connectivity index (χ0n) is 19.2. The second-order valence-electron chi connectivity index (χ2n) is 8.20. The molecule has 1 unspecified atom stereocenters. The minimum atomic E-state index is -4.07. The molecule has 0 aliphatic heterocycles. The van der Waals surface area contributed by atoms with Gasteiger partial charge in [-0.3, -0.25) is 4.79 Å². The first kappa shape index (κ1) is 26.3. The van der Waals surface area contributed by atoms with Gasteiger partial charge < -0.3 is 15.4 Å². The van der Waals surface area contributed by atoms with Gasteiger partial charge in [-0.2, -0.15) is 5.26 Å². The summed E-state index contributed by atoms with van der Waals surface area (Å²) in [5.74, 6) is -0.253. The average molecular weight is 519 g/mol. The zero-order valence-corrected chi connectivity index (χ0v) is 20.8. The van der Waals surface area contributed by atoms with Crippen LogP contribution in [0.5, 0.6) is 5.75 Å². The Hall–Kier alpha value is -3.29. The molecule has 3 rings (SSSR count). The van der Waals surface area contributed by atoms with Gasteiger partial charge in [0.15, 0.2) is 0 Å². The Balaban J connectivity index is 1.53. The Morgan fingerprint density at radius 2 is 1.86 bits per heavy atom. The lowest BCUT2D eigenvalue weighted by atomic mass is 9.85. The number of benzene rings is 2. The summed E-state index contributed by atoms with van der Waals surface area (Å²) in [6.07, 6.45) is 3.58. The third-order valence-electron chi connectivity index (χ3n) is 5.81. The van der Waals surface area contributed by atoms with Crippen molar-refractivity contribution in [1.29, 1.82) is 5.26 Å². The molecule has 2 aromatic carbocycles. The molecule has 0 radical (unpaired) electrons. The molecule has 0 bridgehead atoms. The van der Waals surface area contributed by atoms with Gasteiger partial charge in [0, 0.05) is 17.6 Å². The van der Waals surface area contributed by atoms with E-state index in [9.17, 15) is 23.3 Å². The molecule has 0 spiro atoms. The maximum atomic E-state index is 12.6. The number of methoxy groups -OCH3 is 1. The van der Waals surface area contributed by atoms with E-state index in [0.717, 1.165) is 18.4 Å². The number of urea groups is 1. The number of carbonyl (C=O) groups excluding carboxylic acids is 2. The molecule has 11 heteroatoms. The first-order valence-corrected chi connectivity index (χ1v) is 13.0. The van der Waals surface area contributed by atoms with Gasteiger partial charge in [-0.05, 0) is 55.2 Å². The van der Waals surface area contributed by atoms with E-state index in [2.05, 4.69) is 16.7 Å². The Morgan fingerprint density at radius 3 is 2.54 bits per heavy atom. The minimum Gasteiger partial charge on any atom is -0.496 e. The van der Waals surface area contributed by atoms with Crippen molar-refractivity contribution in [1.82, 2.24) is 15.4 Å². The average Bonchev–Trinajstić information content (AvgIpc) is 2.84. The van der Waals surface area contributed by atoms with Crippen molar-refractivity contribution in [3.05, 3.63) is 58.6 Å². The minimum absolute atomic E-state index is 0.0652. The van der Waals surface area contributed by atoms with Gasteiger partial charge in [0.1, 0.15) is 5.75 Å². The van der Waals surface area contributed by atoms with E-state index in [1.807, 2.05) is 4.72 Å². The summed E-state index contributed by atoms with van der Waals surface area (Å²) in [6.45, 7) is 0.308. The van der Waals surface area contributed by atoms with Crippen molar-refractivity contribution < 1.29 is 22.7 Å². The van der Waals surface area contributed by atoms with Crippen molar-refractivity contribution in [2.75, 3.05) is 13.7 Å². The van der Waals surface area contributed by atoms with Crippen molar-refractivity contribution in [2.24, 2.45) is 5.92 Å². The van der Waals surface area contributed by atoms with Gasteiger partial charge in [0.2, 0.25) is 0 Å². The van der Waals surface area contributed by atoms with E-state index < -0.39 is 16.1 Å². The van der Waals surface area contributed by atoms with Crippen LogP contribution in [0.4, 0.5) is 4.79 Å². The van der Waals surface area contributed by atoms with Crippen LogP contribution in [-0.4, -0.2) is 40.1 Å². The third-order valence-corrected chi connectivity index (χ3v) is 7.40. The third kappa shape index (κ3) is 7.10. The number of carbonyl (C=O) groups is 2. The smallest absolute Gasteiger partial charge is 0.328 e. The molecular weight excluding hydrogens is 492 g/mol. The van der Waals surface area contributed by atoms with Gasteiger partial charge in [-0.15, -0.1) is 0 Å². The number of hydrogen-bond donors (Lipinski definition) is 3. The molecule has 1 saturated carbocycles. The van der Waals surface area contributed by atoms with Crippen molar-refractivity contribution in [3.63, 3.8) is 0 Å². The lowest BCUT2D eigenvalue weighted by Gasteiger charge is -2.27. The van der Waals surface area contributed by atoms with Crippen LogP contribution in [0.1, 0.15) is 41.6 Å². The Bertz CT molecular complexity index is 1210. The van der Waals surface area contributed by atoms with Crippen LogP contribution >= 0.6 is 11.6 Å². The van der Waals surface area contributed by atoms with E-state index in [1.54, 1.807) is 24.3 Å². The highest BCUT2D eigenvalue weighted by atomic mass is 35.5. The molecule has 2 aromatic rings. The predicted octanol–water partition coefficient (Wildman–Crippen LogP) is 3.39. The second-order valence-corrected chi connectivity index (χ2v) is 10.3. The molecule has 0 aromatic heterocycles. The summed E-state index contributed by atoms with van der Waals surface area (Å²) in [6, 6.07) is 11.7. The summed E-state index contributed by atoms with van der Waals surface area (Å²) in [5.41, 5.74) is 1.12. The van der Waals surface area contributed by atoms with E-state index in [0.29, 0.717) is 42.1 Å². The first-order chi connectivity index (χ1) is 16.7. The predicted molar refractivity (Wildman–Crippen MR) is 131 cm³/mol. The molecule has 1 aliphatic rings. The van der Waals surface area contributed by atoms with Gasteiger partial charge in [-0.25, -0.2) is 17.9 Å². The van der Waals surface area contributed by atoms with Crippen LogP contribution in [0.2, 0.25) is 5.02 Å². The summed E-state index contributed by atoms with van der Waals surface area (Å²) in [4.78, 5) is 24.6. The number of rotatable bonds is 8. The van der Waals surface area contributed by atoms with Crippen LogP contribution in [0.15, 0.2) is 47.4 Å². The summed E-state index contributed by atoms with van der Waals surface area (Å²) in [5, 5.41) is 15.0. The van der Waals surface area contributed by atoms with Gasteiger partial charge in [0.05, 0.1) is 29.6 Å². The van der Waals surface area contributed by atoms with E-state index in [-0.39, 0.29) is 22.8 Å². The fraction of sp³-hybridized carbons (Fsp3) is 0.375. The standard InChI is InChI=1S/C24H27ClN4O5S/c1-34-22-11-8-18(25)14-20(22)23(30)27-13-12-16-6-9-19(10-7-16)35(32,33)29-24(31)28-21-5-3-2-4-17(21)15-26/h6-11,14,17,21H,2-5,12-13H2,1H3,(H,27,30)(H2,28,29,31)/t17-,21?/m0/s1. The number of sulfonamides is 1. The molecule has 0 saturated heterocycles. The SMILES string of the molecule is COc1ccc(Cl)cc1C(=O)NCCc1ccc(S(=O)(=O)NC(=O)NC2CCCC[C@H]2C#N)cc1. The molecule has 3 amide bonds. The Labute approximate surface area is 209 Å². The summed E-state index contributed by atoms with van der Waals surface area (Å²) < 4.78 is 32.4. The van der Waals surface area contributed by atoms with Crippen LogP contribution in [0.25, 0.3) is 0 Å². The van der Waals surface area contributed by atoms with E-state index >= 15 is 0 Å². The maximum absolute atomic E-state index is 12.6. The highest BCUT2D eigenvalue weighted by Gasteiger charge is 2.28. The zero-order chi connectivity index (χ0) is 25.4. The molecular formula is C24H27ClN4O5S. The number of amides is 3. The lowest BCUT2D eigenvalue weighted by Crippen LogP contribution is -2.48. The number of hydrogen-bond acceptors (Lipinski definition) is 6. The molecule has 186 valence electrons. The first-order valence-electron chi connectivity index (χ1n) is 11.2. The topological polar surface area (TPSA) is 137 Å². The molecule has 0 heterocycles. The van der Waals surface area contributed by atoms with Gasteiger partial charge in [0.25, 0.3) is 15.9 Å². The van der Waals surface area contributed by atoms with Crippen LogP contribution in [0, 0.1) is 17.2 Å². The molecule has 1 fully saturated rings. The Kier molecular flexibility index (Phi) is 8.95. The molecule has 1 aliphatic carbocycles. The van der Waals surface area contributed by atoms with Crippen LogP contribution < -0.4 is 20.1 Å². The fourth-order valence-corrected chi connectivity index (χ4v) is 5.03. The maximum Gasteiger partial charge on any atom is 0.328 e. The lowest BCUT2D eigenvalue weighted by molar-refractivity contribution is 0.0951. The quantitative estimate of drug-likeness (QED) is 0.489. The number of halogens is 1. The van der Waals surface area contributed by atoms with Crippen molar-refractivity contribution in [2.45, 2.75) is 43.0 Å². The van der Waals surface area contributed by atoms with Crippen LogP contribution in [-0.2, 0) is 16.4 Å².